The second-order valence-corrected chi connectivity index (χ2v) is 5.50. The van der Waals surface area contributed by atoms with Crippen LogP contribution in [0.4, 0.5) is 0 Å². The summed E-state index contributed by atoms with van der Waals surface area (Å²) in [5.74, 6) is -0.406. The van der Waals surface area contributed by atoms with E-state index in [0.29, 0.717) is 13.1 Å². The smallest absolute Gasteiger partial charge is 0.232 e. The molecule has 0 saturated heterocycles. The highest BCUT2D eigenvalue weighted by atomic mass is 16.2. The topological polar surface area (TPSA) is 49.4 Å². The van der Waals surface area contributed by atoms with E-state index in [1.165, 1.54) is 5.56 Å². The molecule has 4 heteroatoms. The van der Waals surface area contributed by atoms with Gasteiger partial charge in [-0.1, -0.05) is 60.7 Å². The lowest BCUT2D eigenvalue weighted by atomic mass is 10.1. The molecule has 120 valence electrons. The summed E-state index contributed by atoms with van der Waals surface area (Å²) in [4.78, 5) is 25.5. The van der Waals surface area contributed by atoms with Crippen LogP contribution in [0.2, 0.25) is 0 Å². The van der Waals surface area contributed by atoms with Gasteiger partial charge in [-0.25, -0.2) is 0 Å². The Balaban J connectivity index is 1.70. The van der Waals surface area contributed by atoms with E-state index in [2.05, 4.69) is 5.32 Å². The van der Waals surface area contributed by atoms with Crippen LogP contribution in [0.5, 0.6) is 0 Å². The average Bonchev–Trinajstić information content (AvgIpc) is 2.56. The van der Waals surface area contributed by atoms with E-state index >= 15 is 0 Å². The number of nitrogens with one attached hydrogen (secondary N) is 1. The summed E-state index contributed by atoms with van der Waals surface area (Å²) in [6.07, 6.45) is 0.652. The van der Waals surface area contributed by atoms with Gasteiger partial charge in [0.25, 0.3) is 0 Å². The highest BCUT2D eigenvalue weighted by Crippen LogP contribution is 2.04. The zero-order valence-corrected chi connectivity index (χ0v) is 13.4. The zero-order chi connectivity index (χ0) is 16.5. The predicted octanol–water partition coefficient (Wildman–Crippen LogP) is 2.39. The molecule has 0 aliphatic carbocycles. The Bertz CT molecular complexity index is 626. The summed E-state index contributed by atoms with van der Waals surface area (Å²) in [6.45, 7) is 1.05. The Morgan fingerprint density at radius 2 is 1.48 bits per heavy atom. The third-order valence-corrected chi connectivity index (χ3v) is 3.58. The molecule has 0 atom stereocenters. The molecule has 0 aliphatic rings. The molecule has 2 aromatic rings. The second kappa shape index (κ2) is 8.73. The van der Waals surface area contributed by atoms with Crippen LogP contribution in [0.25, 0.3) is 0 Å². The molecule has 1 N–H and O–H groups in total. The van der Waals surface area contributed by atoms with Gasteiger partial charge in [0.1, 0.15) is 6.42 Å². The number of carbonyl (C=O) groups is 2. The highest BCUT2D eigenvalue weighted by Gasteiger charge is 2.13. The fourth-order valence-electron chi connectivity index (χ4n) is 2.27. The minimum atomic E-state index is -0.231. The highest BCUT2D eigenvalue weighted by molar-refractivity contribution is 5.96. The third kappa shape index (κ3) is 5.94. The number of amides is 2. The summed E-state index contributed by atoms with van der Waals surface area (Å²) in [6, 6.07) is 19.7. The number of hydrogen-bond acceptors (Lipinski definition) is 2. The van der Waals surface area contributed by atoms with Crippen molar-refractivity contribution in [3.63, 3.8) is 0 Å². The van der Waals surface area contributed by atoms with E-state index < -0.39 is 0 Å². The Morgan fingerprint density at radius 1 is 0.913 bits per heavy atom. The van der Waals surface area contributed by atoms with Gasteiger partial charge in [-0.15, -0.1) is 0 Å². The molecule has 0 unspecified atom stereocenters. The maximum atomic E-state index is 12.1. The van der Waals surface area contributed by atoms with Crippen molar-refractivity contribution < 1.29 is 9.59 Å². The monoisotopic (exact) mass is 310 g/mol. The van der Waals surface area contributed by atoms with Gasteiger partial charge in [-0.2, -0.15) is 0 Å². The molecule has 0 aromatic heterocycles. The van der Waals surface area contributed by atoms with Crippen molar-refractivity contribution in [2.45, 2.75) is 19.4 Å². The summed E-state index contributed by atoms with van der Waals surface area (Å²) in [7, 11) is 1.71. The van der Waals surface area contributed by atoms with E-state index in [9.17, 15) is 9.59 Å². The van der Waals surface area contributed by atoms with Crippen LogP contribution < -0.4 is 5.32 Å². The van der Waals surface area contributed by atoms with Crippen LogP contribution in [-0.4, -0.2) is 30.3 Å². The van der Waals surface area contributed by atoms with Gasteiger partial charge >= 0.3 is 0 Å². The third-order valence-electron chi connectivity index (χ3n) is 3.58. The summed E-state index contributed by atoms with van der Waals surface area (Å²) >= 11 is 0. The van der Waals surface area contributed by atoms with Crippen molar-refractivity contribution in [2.75, 3.05) is 13.6 Å². The molecule has 2 rings (SSSR count). The fourth-order valence-corrected chi connectivity index (χ4v) is 2.27. The molecule has 2 amide bonds. The Hall–Kier alpha value is -2.62. The van der Waals surface area contributed by atoms with E-state index in [1.54, 1.807) is 11.9 Å². The minimum absolute atomic E-state index is 0.113. The lowest BCUT2D eigenvalue weighted by molar-refractivity contribution is -0.135. The molecular formula is C19H22N2O2. The van der Waals surface area contributed by atoms with Gasteiger partial charge in [0.2, 0.25) is 11.8 Å². The maximum Gasteiger partial charge on any atom is 0.232 e. The first-order chi connectivity index (χ1) is 11.1. The average molecular weight is 310 g/mol. The standard InChI is InChI=1S/C19H22N2O2/c1-21(15-17-10-6-3-7-11-17)19(23)14-18(22)20-13-12-16-8-4-2-5-9-16/h2-11H,12-15H2,1H3,(H,20,22). The minimum Gasteiger partial charge on any atom is -0.355 e. The van der Waals surface area contributed by atoms with Crippen molar-refractivity contribution in [1.29, 1.82) is 0 Å². The normalized spacial score (nSPS) is 10.1. The van der Waals surface area contributed by atoms with E-state index in [1.807, 2.05) is 60.7 Å². The van der Waals surface area contributed by atoms with Crippen LogP contribution in [0.3, 0.4) is 0 Å². The van der Waals surface area contributed by atoms with Crippen molar-refractivity contribution in [3.05, 3.63) is 71.8 Å². The van der Waals surface area contributed by atoms with Gasteiger partial charge in [-0.05, 0) is 17.5 Å². The second-order valence-electron chi connectivity index (χ2n) is 5.50. The number of benzene rings is 2. The molecule has 0 radical (unpaired) electrons. The van der Waals surface area contributed by atoms with Crippen LogP contribution in [0.15, 0.2) is 60.7 Å². The van der Waals surface area contributed by atoms with Gasteiger partial charge in [0, 0.05) is 20.1 Å². The Labute approximate surface area is 137 Å². The van der Waals surface area contributed by atoms with Gasteiger partial charge < -0.3 is 10.2 Å². The number of carbonyl (C=O) groups excluding carboxylic acids is 2. The Kier molecular flexibility index (Phi) is 6.36. The Morgan fingerprint density at radius 3 is 2.09 bits per heavy atom. The van der Waals surface area contributed by atoms with Crippen molar-refractivity contribution in [2.24, 2.45) is 0 Å². The first-order valence-corrected chi connectivity index (χ1v) is 7.73. The molecule has 0 bridgehead atoms. The molecular weight excluding hydrogens is 288 g/mol. The zero-order valence-electron chi connectivity index (χ0n) is 13.4. The van der Waals surface area contributed by atoms with E-state index in [4.69, 9.17) is 0 Å². The predicted molar refractivity (Wildman–Crippen MR) is 90.7 cm³/mol. The van der Waals surface area contributed by atoms with E-state index in [-0.39, 0.29) is 18.2 Å². The number of rotatable bonds is 7. The van der Waals surface area contributed by atoms with Crippen LogP contribution >= 0.6 is 0 Å². The SMILES string of the molecule is CN(Cc1ccccc1)C(=O)CC(=O)NCCc1ccccc1. The molecule has 0 heterocycles. The number of hydrogen-bond donors (Lipinski definition) is 1. The van der Waals surface area contributed by atoms with E-state index in [0.717, 1.165) is 12.0 Å². The molecule has 0 saturated carbocycles. The summed E-state index contributed by atoms with van der Waals surface area (Å²) in [5.41, 5.74) is 2.22. The molecule has 2 aromatic carbocycles. The van der Waals surface area contributed by atoms with Gasteiger partial charge in [0.05, 0.1) is 0 Å². The van der Waals surface area contributed by atoms with Crippen LogP contribution in [0.1, 0.15) is 17.5 Å². The van der Waals surface area contributed by atoms with Crippen molar-refractivity contribution in [3.8, 4) is 0 Å². The van der Waals surface area contributed by atoms with Crippen molar-refractivity contribution in [1.82, 2.24) is 10.2 Å². The van der Waals surface area contributed by atoms with Gasteiger partial charge in [0.15, 0.2) is 0 Å². The molecule has 0 spiro atoms. The molecule has 4 nitrogen and oxygen atoms in total. The largest absolute Gasteiger partial charge is 0.355 e. The lowest BCUT2D eigenvalue weighted by Crippen LogP contribution is -2.33. The number of nitrogens with zero attached hydrogens (tertiary/aromatic N) is 1. The maximum absolute atomic E-state index is 12.1. The first kappa shape index (κ1) is 16.7. The summed E-state index contributed by atoms with van der Waals surface area (Å²) < 4.78 is 0. The summed E-state index contributed by atoms with van der Waals surface area (Å²) in [5, 5.41) is 2.79. The molecule has 0 fully saturated rings. The lowest BCUT2D eigenvalue weighted by Gasteiger charge is -2.17. The fraction of sp³-hybridized carbons (Fsp3) is 0.263. The van der Waals surface area contributed by atoms with Crippen molar-refractivity contribution >= 4 is 11.8 Å². The van der Waals surface area contributed by atoms with Crippen LogP contribution in [0, 0.1) is 0 Å². The molecule has 23 heavy (non-hydrogen) atoms. The molecule has 0 aliphatic heterocycles. The van der Waals surface area contributed by atoms with Gasteiger partial charge in [-0.3, -0.25) is 9.59 Å². The van der Waals surface area contributed by atoms with Crippen LogP contribution in [-0.2, 0) is 22.6 Å². The first-order valence-electron chi connectivity index (χ1n) is 7.73. The quantitative estimate of drug-likeness (QED) is 0.798.